The van der Waals surface area contributed by atoms with Gasteiger partial charge in [-0.2, -0.15) is 9.30 Å². The number of rotatable bonds is 12. The van der Waals surface area contributed by atoms with E-state index in [1.54, 1.807) is 13.2 Å². The molecule has 1 heterocycles. The van der Waals surface area contributed by atoms with Crippen LogP contribution in [0.3, 0.4) is 0 Å². The number of benzene rings is 2. The molecule has 2 aromatic carbocycles. The molecule has 1 amide bonds. The van der Waals surface area contributed by atoms with Gasteiger partial charge >= 0.3 is 0 Å². The quantitative estimate of drug-likeness (QED) is 0.341. The van der Waals surface area contributed by atoms with Gasteiger partial charge in [-0.15, -0.1) is 6.58 Å². The third kappa shape index (κ3) is 6.06. The molecule has 9 nitrogen and oxygen atoms in total. The first-order valence-electron chi connectivity index (χ1n) is 10.8. The van der Waals surface area contributed by atoms with Gasteiger partial charge in [0.05, 0.1) is 29.9 Å². The van der Waals surface area contributed by atoms with Gasteiger partial charge < -0.3 is 18.8 Å². The third-order valence-electron chi connectivity index (χ3n) is 5.22. The molecule has 0 aliphatic carbocycles. The average Bonchev–Trinajstić information content (AvgIpc) is 3.21. The Morgan fingerprint density at radius 3 is 2.31 bits per heavy atom. The summed E-state index contributed by atoms with van der Waals surface area (Å²) in [6, 6.07) is 11.4. The molecule has 0 saturated carbocycles. The molecule has 0 saturated heterocycles. The molecular weight excluding hydrogens is 490 g/mol. The third-order valence-corrected chi connectivity index (χ3v) is 8.18. The van der Waals surface area contributed by atoms with Crippen LogP contribution in [0.4, 0.5) is 0 Å². The van der Waals surface area contributed by atoms with Gasteiger partial charge in [-0.05, 0) is 36.4 Å². The number of para-hydroxylation sites is 1. The predicted octanol–water partition coefficient (Wildman–Crippen LogP) is 2.92. The van der Waals surface area contributed by atoms with E-state index in [0.717, 1.165) is 10.2 Å². The lowest BCUT2D eigenvalue weighted by molar-refractivity contribution is 0.0997. The Morgan fingerprint density at radius 2 is 1.74 bits per heavy atom. The highest BCUT2D eigenvalue weighted by atomic mass is 32.2. The Labute approximate surface area is 208 Å². The molecule has 3 aromatic rings. The van der Waals surface area contributed by atoms with Crippen LogP contribution < -0.4 is 9.54 Å². The molecule has 0 radical (unpaired) electrons. The van der Waals surface area contributed by atoms with E-state index in [9.17, 15) is 13.2 Å². The maximum atomic E-state index is 13.1. The van der Waals surface area contributed by atoms with E-state index < -0.39 is 15.9 Å². The Hall–Kier alpha value is -2.83. The minimum absolute atomic E-state index is 0.0783. The smallest absolute Gasteiger partial charge is 0.279 e. The van der Waals surface area contributed by atoms with Gasteiger partial charge in [0.2, 0.25) is 10.0 Å². The largest absolute Gasteiger partial charge is 0.495 e. The maximum absolute atomic E-state index is 13.1. The SMILES string of the molecule is C=CCn1c(=NC(=O)c2ccc(S(=O)(=O)N(CCOC)CCOC)cc2)sc2cccc(OC)c21. The van der Waals surface area contributed by atoms with Gasteiger partial charge in [0, 0.05) is 39.4 Å². The summed E-state index contributed by atoms with van der Waals surface area (Å²) in [5.41, 5.74) is 1.11. The van der Waals surface area contributed by atoms with Gasteiger partial charge in [-0.3, -0.25) is 4.79 Å². The average molecular weight is 520 g/mol. The normalized spacial score (nSPS) is 12.4. The first-order valence-corrected chi connectivity index (χ1v) is 13.1. The fourth-order valence-electron chi connectivity index (χ4n) is 3.45. The molecule has 188 valence electrons. The summed E-state index contributed by atoms with van der Waals surface area (Å²) in [4.78, 5) is 17.8. The number of nitrogens with zero attached hydrogens (tertiary/aromatic N) is 3. The van der Waals surface area contributed by atoms with Crippen LogP contribution in [0.15, 0.2) is 65.0 Å². The molecule has 0 fully saturated rings. The number of aromatic nitrogens is 1. The van der Waals surface area contributed by atoms with E-state index in [1.807, 2.05) is 22.8 Å². The summed E-state index contributed by atoms with van der Waals surface area (Å²) in [5, 5.41) is 0. The van der Waals surface area contributed by atoms with Gasteiger partial charge in [0.1, 0.15) is 11.3 Å². The van der Waals surface area contributed by atoms with E-state index in [4.69, 9.17) is 14.2 Å². The van der Waals surface area contributed by atoms with Crippen LogP contribution in [0.1, 0.15) is 10.4 Å². The molecule has 11 heteroatoms. The second-order valence-corrected chi connectivity index (χ2v) is 10.4. The monoisotopic (exact) mass is 519 g/mol. The molecule has 0 unspecified atom stereocenters. The predicted molar refractivity (Wildman–Crippen MR) is 135 cm³/mol. The number of allylic oxidation sites excluding steroid dienone is 1. The molecule has 0 bridgehead atoms. The van der Waals surface area contributed by atoms with Crippen molar-refractivity contribution >= 4 is 37.5 Å². The van der Waals surface area contributed by atoms with E-state index in [-0.39, 0.29) is 36.8 Å². The topological polar surface area (TPSA) is 99.4 Å². The number of carbonyl (C=O) groups is 1. The zero-order chi connectivity index (χ0) is 25.4. The van der Waals surface area contributed by atoms with Gasteiger partial charge in [-0.25, -0.2) is 8.42 Å². The second kappa shape index (κ2) is 12.2. The van der Waals surface area contributed by atoms with Crippen molar-refractivity contribution in [1.29, 1.82) is 0 Å². The number of thiazole rings is 1. The van der Waals surface area contributed by atoms with Crippen LogP contribution >= 0.6 is 11.3 Å². The number of sulfonamides is 1. The van der Waals surface area contributed by atoms with Gasteiger partial charge in [-0.1, -0.05) is 23.5 Å². The fourth-order valence-corrected chi connectivity index (χ4v) is 5.92. The van der Waals surface area contributed by atoms with Crippen LogP contribution in [0.25, 0.3) is 10.2 Å². The molecule has 0 aliphatic heterocycles. The molecule has 0 atom stereocenters. The Morgan fingerprint density at radius 1 is 1.09 bits per heavy atom. The number of hydrogen-bond donors (Lipinski definition) is 0. The van der Waals surface area contributed by atoms with Crippen molar-refractivity contribution in [3.63, 3.8) is 0 Å². The Balaban J connectivity index is 1.94. The molecule has 35 heavy (non-hydrogen) atoms. The standard InChI is InChI=1S/C24H29N3O6S2/c1-5-13-27-22-20(33-4)7-6-8-21(22)34-24(27)25-23(28)18-9-11-19(12-10-18)35(29,30)26(14-16-31-2)15-17-32-3/h5-12H,1,13-17H2,2-4H3. The van der Waals surface area contributed by atoms with Crippen molar-refractivity contribution in [3.05, 3.63) is 65.5 Å². The molecule has 0 N–H and O–H groups in total. The van der Waals surface area contributed by atoms with Crippen molar-refractivity contribution in [3.8, 4) is 5.75 Å². The van der Waals surface area contributed by atoms with Crippen LogP contribution in [0.2, 0.25) is 0 Å². The van der Waals surface area contributed by atoms with Crippen molar-refractivity contribution in [1.82, 2.24) is 8.87 Å². The van der Waals surface area contributed by atoms with E-state index in [0.29, 0.717) is 17.1 Å². The zero-order valence-corrected chi connectivity index (χ0v) is 21.6. The molecule has 3 rings (SSSR count). The Kier molecular flexibility index (Phi) is 9.35. The van der Waals surface area contributed by atoms with Crippen molar-refractivity contribution < 1.29 is 27.4 Å². The van der Waals surface area contributed by atoms with Crippen LogP contribution in [0.5, 0.6) is 5.75 Å². The van der Waals surface area contributed by atoms with E-state index >= 15 is 0 Å². The lowest BCUT2D eigenvalue weighted by Crippen LogP contribution is -2.36. The highest BCUT2D eigenvalue weighted by Gasteiger charge is 2.24. The Bertz CT molecular complexity index is 1340. The highest BCUT2D eigenvalue weighted by Crippen LogP contribution is 2.27. The fraction of sp³-hybridized carbons (Fsp3) is 0.333. The number of carbonyl (C=O) groups excluding carboxylic acids is 1. The summed E-state index contributed by atoms with van der Waals surface area (Å²) in [6.45, 7) is 5.14. The van der Waals surface area contributed by atoms with Crippen LogP contribution in [-0.4, -0.2) is 70.8 Å². The number of methoxy groups -OCH3 is 3. The molecular formula is C24H29N3O6S2. The van der Waals surface area contributed by atoms with E-state index in [1.165, 1.54) is 54.1 Å². The zero-order valence-electron chi connectivity index (χ0n) is 20.0. The van der Waals surface area contributed by atoms with Gasteiger partial charge in [0.25, 0.3) is 5.91 Å². The first-order chi connectivity index (χ1) is 16.9. The lowest BCUT2D eigenvalue weighted by Gasteiger charge is -2.21. The van der Waals surface area contributed by atoms with Crippen molar-refractivity contribution in [2.75, 3.05) is 47.6 Å². The molecule has 0 aliphatic rings. The number of amides is 1. The number of ether oxygens (including phenoxy) is 3. The maximum Gasteiger partial charge on any atom is 0.279 e. The van der Waals surface area contributed by atoms with Gasteiger partial charge in [0.15, 0.2) is 4.80 Å². The minimum atomic E-state index is -3.78. The van der Waals surface area contributed by atoms with E-state index in [2.05, 4.69) is 11.6 Å². The van der Waals surface area contributed by atoms with Crippen molar-refractivity contribution in [2.24, 2.45) is 4.99 Å². The summed E-state index contributed by atoms with van der Waals surface area (Å²) < 4.78 is 45.8. The van der Waals surface area contributed by atoms with Crippen LogP contribution in [0, 0.1) is 0 Å². The second-order valence-electron chi connectivity index (χ2n) is 7.42. The summed E-state index contributed by atoms with van der Waals surface area (Å²) in [7, 11) is 0.830. The van der Waals surface area contributed by atoms with Crippen molar-refractivity contribution in [2.45, 2.75) is 11.4 Å². The van der Waals surface area contributed by atoms with Crippen LogP contribution in [-0.2, 0) is 26.0 Å². The first kappa shape index (κ1) is 26.8. The highest BCUT2D eigenvalue weighted by molar-refractivity contribution is 7.89. The number of hydrogen-bond acceptors (Lipinski definition) is 7. The summed E-state index contributed by atoms with van der Waals surface area (Å²) >= 11 is 1.36. The molecule has 1 aromatic heterocycles. The summed E-state index contributed by atoms with van der Waals surface area (Å²) in [6.07, 6.45) is 1.72. The summed E-state index contributed by atoms with van der Waals surface area (Å²) in [5.74, 6) is 0.198. The number of fused-ring (bicyclic) bond motifs is 1. The molecule has 0 spiro atoms. The minimum Gasteiger partial charge on any atom is -0.495 e. The lowest BCUT2D eigenvalue weighted by atomic mass is 10.2.